The van der Waals surface area contributed by atoms with Crippen LogP contribution < -0.4 is 16.2 Å². The minimum Gasteiger partial charge on any atom is -0.292 e. The molecule has 0 fully saturated rings. The molecule has 0 saturated carbocycles. The monoisotopic (exact) mass is 511 g/mol. The van der Waals surface area contributed by atoms with Gasteiger partial charge in [0.25, 0.3) is 6.43 Å². The third kappa shape index (κ3) is 4.17. The summed E-state index contributed by atoms with van der Waals surface area (Å²) in [5.41, 5.74) is 2.31. The highest BCUT2D eigenvalue weighted by atomic mass is 127. The summed E-state index contributed by atoms with van der Waals surface area (Å²) in [5.74, 6) is 4.28. The van der Waals surface area contributed by atoms with Crippen LogP contribution >= 0.6 is 34.2 Å². The van der Waals surface area contributed by atoms with Gasteiger partial charge in [0, 0.05) is 19.7 Å². The third-order valence-electron chi connectivity index (χ3n) is 3.58. The van der Waals surface area contributed by atoms with E-state index in [2.05, 4.69) is 15.4 Å². The molecule has 1 aromatic heterocycles. The number of rotatable bonds is 5. The molecule has 1 heterocycles. The van der Waals surface area contributed by atoms with Crippen LogP contribution in [-0.2, 0) is 0 Å². The molecule has 0 spiro atoms. The average Bonchev–Trinajstić information content (AvgIpc) is 2.60. The van der Waals surface area contributed by atoms with Crippen molar-refractivity contribution in [3.05, 3.63) is 50.8 Å². The molecule has 142 valence electrons. The first kappa shape index (κ1) is 19.8. The summed E-state index contributed by atoms with van der Waals surface area (Å²) in [7, 11) is 0. The molecule has 0 saturated heterocycles. The number of hydrogen-bond donors (Lipinski definition) is 2. The number of alkyl halides is 3. The van der Waals surface area contributed by atoms with Gasteiger partial charge < -0.3 is 0 Å². The van der Waals surface area contributed by atoms with Gasteiger partial charge in [-0.05, 0) is 59.0 Å². The van der Waals surface area contributed by atoms with Crippen LogP contribution in [0.5, 0.6) is 0 Å². The van der Waals surface area contributed by atoms with Crippen molar-refractivity contribution in [2.24, 2.45) is 5.84 Å². The molecule has 3 rings (SSSR count). The number of hydrazine groups is 1. The highest BCUT2D eigenvalue weighted by Crippen LogP contribution is 2.36. The van der Waals surface area contributed by atoms with Crippen molar-refractivity contribution in [2.45, 2.75) is 12.7 Å². The van der Waals surface area contributed by atoms with Gasteiger partial charge >= 0.3 is 0 Å². The van der Waals surface area contributed by atoms with Gasteiger partial charge in [-0.3, -0.25) is 10.3 Å². The van der Waals surface area contributed by atoms with Gasteiger partial charge in [-0.25, -0.2) is 28.4 Å². The van der Waals surface area contributed by atoms with Crippen LogP contribution in [0.4, 0.5) is 35.0 Å². The molecule has 3 aromatic rings. The minimum atomic E-state index is -3.38. The standard InChI is InChI=1S/C16H11ClF4IN5/c17-7-1-2-11-12(3-7)24-16(26-23)25-15(11)27(14(21)13(19)20)10-5-8(18)4-9(22)6-10/h1-6,13-14H,23H2,(H,24,25,26). The second-order valence-electron chi connectivity index (χ2n) is 5.38. The first-order valence-corrected chi connectivity index (χ1v) is 8.87. The van der Waals surface area contributed by atoms with Crippen molar-refractivity contribution in [1.82, 2.24) is 9.97 Å². The highest BCUT2D eigenvalue weighted by molar-refractivity contribution is 14.1. The predicted octanol–water partition coefficient (Wildman–Crippen LogP) is 5.01. The van der Waals surface area contributed by atoms with E-state index >= 15 is 0 Å². The molecule has 0 aliphatic rings. The van der Waals surface area contributed by atoms with Crippen molar-refractivity contribution in [1.29, 1.82) is 0 Å². The van der Waals surface area contributed by atoms with Crippen LogP contribution in [0.3, 0.4) is 0 Å². The smallest absolute Gasteiger partial charge is 0.288 e. The van der Waals surface area contributed by atoms with E-state index in [9.17, 15) is 17.6 Å². The molecule has 5 nitrogen and oxygen atoms in total. The molecule has 3 N–H and O–H groups in total. The van der Waals surface area contributed by atoms with Gasteiger partial charge in [-0.15, -0.1) is 0 Å². The van der Waals surface area contributed by atoms with Crippen LogP contribution in [0.25, 0.3) is 10.9 Å². The fraction of sp³-hybridized carbons (Fsp3) is 0.125. The molecular weight excluding hydrogens is 501 g/mol. The van der Waals surface area contributed by atoms with E-state index < -0.39 is 18.5 Å². The van der Waals surface area contributed by atoms with Gasteiger partial charge in [0.05, 0.1) is 5.52 Å². The van der Waals surface area contributed by atoms with Gasteiger partial charge in [-0.1, -0.05) is 11.6 Å². The number of benzene rings is 2. The topological polar surface area (TPSA) is 67.1 Å². The summed E-state index contributed by atoms with van der Waals surface area (Å²) in [4.78, 5) is 8.72. The molecule has 1 unspecified atom stereocenters. The highest BCUT2D eigenvalue weighted by Gasteiger charge is 2.32. The Labute approximate surface area is 169 Å². The SMILES string of the molecule is NNc1nc(N(c2cc(F)cc(I)c2)C(F)C(F)F)c2ccc(Cl)cc2n1. The number of nitrogens with zero attached hydrogens (tertiary/aromatic N) is 3. The Morgan fingerprint density at radius 3 is 2.48 bits per heavy atom. The molecule has 0 amide bonds. The number of fused-ring (bicyclic) bond motifs is 1. The van der Waals surface area contributed by atoms with Crippen molar-refractivity contribution >= 4 is 62.5 Å². The van der Waals surface area contributed by atoms with Gasteiger partial charge in [-0.2, -0.15) is 4.98 Å². The maximum absolute atomic E-state index is 14.6. The second kappa shape index (κ2) is 7.98. The number of nitrogens with one attached hydrogen (secondary N) is 1. The van der Waals surface area contributed by atoms with Crippen LogP contribution in [0.1, 0.15) is 0 Å². The molecule has 0 aliphatic carbocycles. The zero-order valence-electron chi connectivity index (χ0n) is 13.3. The molecule has 1 atom stereocenters. The van der Waals surface area contributed by atoms with Crippen molar-refractivity contribution in [3.63, 3.8) is 0 Å². The summed E-state index contributed by atoms with van der Waals surface area (Å²) in [6, 6.07) is 7.88. The summed E-state index contributed by atoms with van der Waals surface area (Å²) < 4.78 is 55.4. The van der Waals surface area contributed by atoms with E-state index in [0.717, 1.165) is 6.07 Å². The lowest BCUT2D eigenvalue weighted by atomic mass is 10.2. The zero-order chi connectivity index (χ0) is 19.7. The quantitative estimate of drug-likeness (QED) is 0.166. The lowest BCUT2D eigenvalue weighted by Crippen LogP contribution is -2.34. The fourth-order valence-corrected chi connectivity index (χ4v) is 3.29. The summed E-state index contributed by atoms with van der Waals surface area (Å²) in [6.45, 7) is 0. The largest absolute Gasteiger partial charge is 0.292 e. The van der Waals surface area contributed by atoms with E-state index in [0.29, 0.717) is 13.5 Å². The van der Waals surface area contributed by atoms with Crippen molar-refractivity contribution in [3.8, 4) is 0 Å². The maximum atomic E-state index is 14.6. The van der Waals surface area contributed by atoms with E-state index in [1.165, 1.54) is 30.3 Å². The van der Waals surface area contributed by atoms with Crippen molar-refractivity contribution < 1.29 is 17.6 Å². The van der Waals surface area contributed by atoms with Crippen LogP contribution in [0.2, 0.25) is 5.02 Å². The summed E-state index contributed by atoms with van der Waals surface area (Å²) in [6.07, 6.45) is -6.17. The normalized spacial score (nSPS) is 12.4. The Hall–Kier alpha value is -1.92. The predicted molar refractivity (Wildman–Crippen MR) is 105 cm³/mol. The third-order valence-corrected chi connectivity index (χ3v) is 4.43. The number of aromatic nitrogens is 2. The summed E-state index contributed by atoms with van der Waals surface area (Å²) >= 11 is 7.75. The molecule has 0 aliphatic heterocycles. The number of hydrogen-bond acceptors (Lipinski definition) is 5. The maximum Gasteiger partial charge on any atom is 0.288 e. The molecule has 11 heteroatoms. The van der Waals surface area contributed by atoms with E-state index in [4.69, 9.17) is 17.4 Å². The van der Waals surface area contributed by atoms with E-state index in [-0.39, 0.29) is 28.4 Å². The minimum absolute atomic E-state index is 0.134. The Balaban J connectivity index is 2.32. The van der Waals surface area contributed by atoms with E-state index in [1.54, 1.807) is 22.6 Å². The van der Waals surface area contributed by atoms with Crippen LogP contribution in [0.15, 0.2) is 36.4 Å². The molecular formula is C16H11ClF4IN5. The summed E-state index contributed by atoms with van der Waals surface area (Å²) in [5, 5.41) is 0.564. The van der Waals surface area contributed by atoms with Crippen LogP contribution in [0, 0.1) is 9.39 Å². The van der Waals surface area contributed by atoms with Gasteiger partial charge in [0.15, 0.2) is 0 Å². The Kier molecular flexibility index (Phi) is 5.86. The Morgan fingerprint density at radius 1 is 1.11 bits per heavy atom. The number of halogens is 6. The van der Waals surface area contributed by atoms with Crippen LogP contribution in [-0.4, -0.2) is 22.7 Å². The van der Waals surface area contributed by atoms with Crippen molar-refractivity contribution in [2.75, 3.05) is 10.3 Å². The molecule has 0 bridgehead atoms. The number of anilines is 3. The van der Waals surface area contributed by atoms with Gasteiger partial charge in [0.1, 0.15) is 11.6 Å². The molecule has 0 radical (unpaired) electrons. The fourth-order valence-electron chi connectivity index (χ4n) is 2.51. The number of nitrogens with two attached hydrogens (primary N) is 1. The Bertz CT molecular complexity index is 970. The first-order chi connectivity index (χ1) is 12.8. The zero-order valence-corrected chi connectivity index (χ0v) is 16.2. The van der Waals surface area contributed by atoms with E-state index in [1.807, 2.05) is 0 Å². The Morgan fingerprint density at radius 2 is 1.85 bits per heavy atom. The second-order valence-corrected chi connectivity index (χ2v) is 7.06. The average molecular weight is 512 g/mol. The molecule has 2 aromatic carbocycles. The lowest BCUT2D eigenvalue weighted by molar-refractivity contribution is 0.0535. The first-order valence-electron chi connectivity index (χ1n) is 7.41. The molecule has 27 heavy (non-hydrogen) atoms. The van der Waals surface area contributed by atoms with Gasteiger partial charge in [0.2, 0.25) is 12.2 Å². The number of nitrogen functional groups attached to an aromatic ring is 1. The lowest BCUT2D eigenvalue weighted by Gasteiger charge is -2.28.